The maximum Gasteiger partial charge on any atom is 0.273 e. The van der Waals surface area contributed by atoms with Crippen LogP contribution in [0.1, 0.15) is 31.8 Å². The van der Waals surface area contributed by atoms with Crippen LogP contribution in [0.3, 0.4) is 0 Å². The van der Waals surface area contributed by atoms with Crippen LogP contribution >= 0.6 is 92.8 Å². The van der Waals surface area contributed by atoms with E-state index in [1.165, 1.54) is 18.2 Å². The molecule has 0 spiro atoms. The number of ketones is 1. The highest BCUT2D eigenvalue weighted by atomic mass is 35.5. The van der Waals surface area contributed by atoms with Gasteiger partial charge >= 0.3 is 0 Å². The summed E-state index contributed by atoms with van der Waals surface area (Å²) >= 11 is 51.6. The molecule has 2 aliphatic carbocycles. The van der Waals surface area contributed by atoms with Crippen LogP contribution in [-0.2, 0) is 9.59 Å². The Balaban J connectivity index is 1.61. The molecule has 210 valence electrons. The molecule has 1 saturated heterocycles. The number of aryl methyl sites for hydroxylation is 2. The average Bonchev–Trinajstić information content (AvgIpc) is 3.28. The van der Waals surface area contributed by atoms with Gasteiger partial charge in [0.05, 0.1) is 31.9 Å². The summed E-state index contributed by atoms with van der Waals surface area (Å²) in [5.41, 5.74) is 1.98. The molecule has 2 aromatic rings. The van der Waals surface area contributed by atoms with Crippen molar-refractivity contribution in [3.63, 3.8) is 0 Å². The van der Waals surface area contributed by atoms with E-state index in [1.54, 1.807) is 18.2 Å². The van der Waals surface area contributed by atoms with Gasteiger partial charge in [-0.2, -0.15) is 5.01 Å². The van der Waals surface area contributed by atoms with Crippen molar-refractivity contribution in [2.45, 2.75) is 27.9 Å². The lowest BCUT2D eigenvalue weighted by atomic mass is 9.84. The van der Waals surface area contributed by atoms with E-state index in [1.807, 2.05) is 13.8 Å². The van der Waals surface area contributed by atoms with Crippen LogP contribution in [-0.4, -0.2) is 54.1 Å². The van der Waals surface area contributed by atoms with Crippen LogP contribution < -0.4 is 0 Å². The fraction of sp³-hybridized carbons (Fsp3) is 0.308. The lowest BCUT2D eigenvalue weighted by Gasteiger charge is -2.36. The molecule has 0 N–H and O–H groups in total. The lowest BCUT2D eigenvalue weighted by molar-refractivity contribution is -0.154. The largest absolute Gasteiger partial charge is 0.292 e. The molecular formula is C26H16Cl8N2O4. The van der Waals surface area contributed by atoms with E-state index in [2.05, 4.69) is 0 Å². The van der Waals surface area contributed by atoms with Crippen molar-refractivity contribution in [1.82, 2.24) is 10.0 Å². The zero-order valence-corrected chi connectivity index (χ0v) is 26.4. The normalized spacial score (nSPS) is 28.4. The molecule has 14 heteroatoms. The average molecular weight is 704 g/mol. The topological polar surface area (TPSA) is 74.8 Å². The van der Waals surface area contributed by atoms with Crippen molar-refractivity contribution in [2.24, 2.45) is 11.8 Å². The molecule has 6 nitrogen and oxygen atoms in total. The summed E-state index contributed by atoms with van der Waals surface area (Å²) in [6.07, 6.45) is 0. The first-order valence-electron chi connectivity index (χ1n) is 11.6. The standard InChI is InChI=1S/C26H16Cl8N2O4/c1-10-3-4-12(7-11(10)2)16(37)9-35(21(38)13-5-6-14(27)15(28)8-13)36-22(39)17-18(23(36)40)25(32)20(30)19(29)24(17,31)26(25,33)34/h3-8,17-18H,9H2,1-2H3/t17-,18-,24+,25+/m0/s1. The highest BCUT2D eigenvalue weighted by Gasteiger charge is 2.88. The summed E-state index contributed by atoms with van der Waals surface area (Å²) in [6.45, 7) is 2.99. The Morgan fingerprint density at radius 1 is 0.775 bits per heavy atom. The zero-order chi connectivity index (χ0) is 29.7. The molecule has 3 aliphatic rings. The first kappa shape index (κ1) is 30.2. The number of amides is 3. The number of hydrogen-bond acceptors (Lipinski definition) is 4. The predicted molar refractivity (Wildman–Crippen MR) is 157 cm³/mol. The first-order chi connectivity index (χ1) is 18.5. The van der Waals surface area contributed by atoms with E-state index in [4.69, 9.17) is 92.8 Å². The highest BCUT2D eigenvalue weighted by molar-refractivity contribution is 6.66. The number of halogens is 8. The molecule has 5 rings (SSSR count). The number of alkyl halides is 4. The van der Waals surface area contributed by atoms with Crippen molar-refractivity contribution in [1.29, 1.82) is 0 Å². The summed E-state index contributed by atoms with van der Waals surface area (Å²) in [4.78, 5) is 51.0. The number of Topliss-reactive ketones (excluding diaryl/α,β-unsaturated/α-hetero) is 1. The number of carbonyl (C=O) groups excluding carboxylic acids is 4. The van der Waals surface area contributed by atoms with Crippen molar-refractivity contribution in [2.75, 3.05) is 6.54 Å². The zero-order valence-electron chi connectivity index (χ0n) is 20.4. The molecule has 3 amide bonds. The Hall–Kier alpha value is -1.22. The third-order valence-corrected chi connectivity index (χ3v) is 12.6. The smallest absolute Gasteiger partial charge is 0.273 e. The van der Waals surface area contributed by atoms with Crippen LogP contribution in [0.5, 0.6) is 0 Å². The van der Waals surface area contributed by atoms with Gasteiger partial charge in [-0.15, -0.1) is 23.2 Å². The van der Waals surface area contributed by atoms with Gasteiger partial charge in [-0.05, 0) is 49.2 Å². The molecule has 2 fully saturated rings. The number of benzene rings is 2. The van der Waals surface area contributed by atoms with E-state index >= 15 is 0 Å². The van der Waals surface area contributed by atoms with E-state index in [0.717, 1.165) is 11.1 Å². The van der Waals surface area contributed by atoms with Crippen LogP contribution in [0.2, 0.25) is 10.0 Å². The van der Waals surface area contributed by atoms with Gasteiger partial charge in [-0.3, -0.25) is 19.2 Å². The third-order valence-electron chi connectivity index (χ3n) is 7.65. The number of rotatable bonds is 5. The number of hydrazine groups is 1. The summed E-state index contributed by atoms with van der Waals surface area (Å²) in [5.74, 6) is -6.42. The second kappa shape index (κ2) is 9.92. The molecule has 4 atom stereocenters. The quantitative estimate of drug-likeness (QED) is 0.186. The van der Waals surface area contributed by atoms with Gasteiger partial charge in [-0.1, -0.05) is 81.7 Å². The van der Waals surface area contributed by atoms with E-state index in [0.29, 0.717) is 10.0 Å². The van der Waals surface area contributed by atoms with Crippen LogP contribution in [0.4, 0.5) is 0 Å². The molecule has 0 unspecified atom stereocenters. The van der Waals surface area contributed by atoms with Crippen molar-refractivity contribution in [3.05, 3.63) is 78.8 Å². The second-order valence-corrected chi connectivity index (χ2v) is 13.9. The van der Waals surface area contributed by atoms with Crippen molar-refractivity contribution in [3.8, 4) is 0 Å². The minimum atomic E-state index is -2.15. The van der Waals surface area contributed by atoms with Gasteiger partial charge in [0, 0.05) is 11.1 Å². The monoisotopic (exact) mass is 700 g/mol. The predicted octanol–water partition coefficient (Wildman–Crippen LogP) is 7.30. The van der Waals surface area contributed by atoms with E-state index in [9.17, 15) is 19.2 Å². The fourth-order valence-electron chi connectivity index (χ4n) is 5.37. The minimum absolute atomic E-state index is 0.0400. The second-order valence-electron chi connectivity index (χ2n) is 9.78. The van der Waals surface area contributed by atoms with Gasteiger partial charge in [0.25, 0.3) is 17.7 Å². The summed E-state index contributed by atoms with van der Waals surface area (Å²) in [7, 11) is 0. The number of fused-ring (bicyclic) bond motifs is 5. The lowest BCUT2D eigenvalue weighted by Crippen LogP contribution is -2.56. The van der Waals surface area contributed by atoms with Gasteiger partial charge in [0.2, 0.25) is 0 Å². The van der Waals surface area contributed by atoms with Crippen LogP contribution in [0, 0.1) is 25.7 Å². The Bertz CT molecular complexity index is 1530. The van der Waals surface area contributed by atoms with Crippen molar-refractivity contribution >= 4 is 116 Å². The maximum absolute atomic E-state index is 14.0. The minimum Gasteiger partial charge on any atom is -0.292 e. The SMILES string of the molecule is Cc1ccc(C(=O)CN(C(=O)c2ccc(Cl)c(Cl)c2)N2C(=O)[C@@H]3[C@@H](C2=O)[C@@]2(Cl)C(Cl)=C(Cl)[C@@]3(Cl)C2(Cl)Cl)cc1C. The summed E-state index contributed by atoms with van der Waals surface area (Å²) in [6, 6.07) is 8.91. The van der Waals surface area contributed by atoms with Gasteiger partial charge in [0.1, 0.15) is 16.3 Å². The molecule has 1 heterocycles. The first-order valence-corrected chi connectivity index (χ1v) is 14.6. The Morgan fingerprint density at radius 3 is 1.80 bits per heavy atom. The van der Waals surface area contributed by atoms with Gasteiger partial charge in [0.15, 0.2) is 10.1 Å². The fourth-order valence-corrected chi connectivity index (χ4v) is 8.60. The maximum atomic E-state index is 14.0. The number of allylic oxidation sites excluding steroid dienone is 2. The van der Waals surface area contributed by atoms with Crippen molar-refractivity contribution < 1.29 is 19.2 Å². The Kier molecular flexibility index (Phi) is 7.50. The molecule has 0 aromatic heterocycles. The van der Waals surface area contributed by atoms with Crippen LogP contribution in [0.15, 0.2) is 46.5 Å². The molecule has 0 radical (unpaired) electrons. The molecule has 2 bridgehead atoms. The van der Waals surface area contributed by atoms with Crippen LogP contribution in [0.25, 0.3) is 0 Å². The van der Waals surface area contributed by atoms with Gasteiger partial charge in [-0.25, -0.2) is 5.01 Å². The molecule has 1 saturated carbocycles. The number of nitrogens with zero attached hydrogens (tertiary/aromatic N) is 2. The Morgan fingerprint density at radius 2 is 1.30 bits per heavy atom. The van der Waals surface area contributed by atoms with E-state index in [-0.39, 0.29) is 31.2 Å². The van der Waals surface area contributed by atoms with Gasteiger partial charge < -0.3 is 0 Å². The molecule has 1 aliphatic heterocycles. The Labute approximate surface area is 268 Å². The highest BCUT2D eigenvalue weighted by Crippen LogP contribution is 2.77. The molecular weight excluding hydrogens is 688 g/mol. The number of carbonyl (C=O) groups is 4. The summed E-state index contributed by atoms with van der Waals surface area (Å²) < 4.78 is -2.15. The number of hydrogen-bond donors (Lipinski definition) is 0. The summed E-state index contributed by atoms with van der Waals surface area (Å²) in [5, 5.41) is 0.891. The third kappa shape index (κ3) is 3.84. The number of imide groups is 1. The molecule has 2 aromatic carbocycles. The molecule has 40 heavy (non-hydrogen) atoms. The van der Waals surface area contributed by atoms with E-state index < -0.39 is 56.0 Å².